The van der Waals surface area contributed by atoms with Crippen molar-refractivity contribution in [2.75, 3.05) is 72.3 Å². The highest BCUT2D eigenvalue weighted by atomic mass is 16.5. The molecule has 2 aliphatic heterocycles. The lowest BCUT2D eigenvalue weighted by Gasteiger charge is -2.29. The van der Waals surface area contributed by atoms with Gasteiger partial charge in [-0.1, -0.05) is 19.3 Å². The van der Waals surface area contributed by atoms with Gasteiger partial charge in [0.25, 0.3) is 0 Å². The molecular weight excluding hydrogens is 402 g/mol. The average molecular weight is 438 g/mol. The second-order valence-corrected chi connectivity index (χ2v) is 9.23. The van der Waals surface area contributed by atoms with Gasteiger partial charge in [0.15, 0.2) is 11.6 Å². The van der Waals surface area contributed by atoms with E-state index < -0.39 is 0 Å². The van der Waals surface area contributed by atoms with Crippen LogP contribution in [0.25, 0.3) is 0 Å². The maximum Gasteiger partial charge on any atom is 0.231 e. The van der Waals surface area contributed by atoms with Gasteiger partial charge in [0.1, 0.15) is 5.69 Å². The number of benzene rings is 1. The second-order valence-electron chi connectivity index (χ2n) is 9.23. The van der Waals surface area contributed by atoms with E-state index in [0.29, 0.717) is 5.95 Å². The first-order valence-electron chi connectivity index (χ1n) is 12.0. The summed E-state index contributed by atoms with van der Waals surface area (Å²) in [6.45, 7) is 7.32. The zero-order valence-electron chi connectivity index (χ0n) is 19.3. The molecule has 1 saturated carbocycles. The van der Waals surface area contributed by atoms with Crippen LogP contribution in [-0.4, -0.2) is 56.5 Å². The molecule has 8 heteroatoms. The molecule has 3 heterocycles. The molecular formula is C24H35N7O. The molecule has 2 fully saturated rings. The van der Waals surface area contributed by atoms with Crippen molar-refractivity contribution in [1.29, 1.82) is 0 Å². The van der Waals surface area contributed by atoms with Crippen molar-refractivity contribution >= 4 is 34.6 Å². The van der Waals surface area contributed by atoms with Crippen LogP contribution in [0.15, 0.2) is 18.2 Å². The van der Waals surface area contributed by atoms with E-state index in [0.717, 1.165) is 68.4 Å². The third kappa shape index (κ3) is 4.55. The van der Waals surface area contributed by atoms with E-state index >= 15 is 0 Å². The fraction of sp³-hybridized carbons (Fsp3) is 0.583. The highest BCUT2D eigenvalue weighted by Gasteiger charge is 2.24. The van der Waals surface area contributed by atoms with Crippen LogP contribution in [0.2, 0.25) is 0 Å². The van der Waals surface area contributed by atoms with Crippen molar-refractivity contribution in [3.63, 3.8) is 0 Å². The van der Waals surface area contributed by atoms with Crippen LogP contribution < -0.4 is 25.8 Å². The Morgan fingerprint density at radius 2 is 1.94 bits per heavy atom. The molecule has 3 N–H and O–H groups in total. The lowest BCUT2D eigenvalue weighted by molar-refractivity contribution is 0.122. The Hall–Kier alpha value is -2.74. The monoisotopic (exact) mass is 437 g/mol. The minimum Gasteiger partial charge on any atom is -0.378 e. The Morgan fingerprint density at radius 1 is 1.12 bits per heavy atom. The summed E-state index contributed by atoms with van der Waals surface area (Å²) < 4.78 is 5.48. The van der Waals surface area contributed by atoms with E-state index in [4.69, 9.17) is 14.7 Å². The Kier molecular flexibility index (Phi) is 6.21. The van der Waals surface area contributed by atoms with Crippen molar-refractivity contribution in [1.82, 2.24) is 9.97 Å². The first-order valence-corrected chi connectivity index (χ1v) is 12.0. The Balaban J connectivity index is 1.34. The van der Waals surface area contributed by atoms with Gasteiger partial charge >= 0.3 is 0 Å². The Morgan fingerprint density at radius 3 is 2.72 bits per heavy atom. The molecule has 0 atom stereocenters. The lowest BCUT2D eigenvalue weighted by atomic mass is 9.89. The maximum atomic E-state index is 5.48. The van der Waals surface area contributed by atoms with Crippen LogP contribution in [0.3, 0.4) is 0 Å². The third-order valence-corrected chi connectivity index (χ3v) is 6.87. The van der Waals surface area contributed by atoms with Gasteiger partial charge in [-0.05, 0) is 49.4 Å². The average Bonchev–Trinajstić information content (AvgIpc) is 3.21. The molecule has 1 aliphatic carbocycles. The molecule has 1 aromatic carbocycles. The first kappa shape index (κ1) is 21.1. The molecule has 3 aliphatic rings. The number of hydrogen-bond acceptors (Lipinski definition) is 8. The van der Waals surface area contributed by atoms with Crippen LogP contribution in [0, 0.1) is 12.8 Å². The molecule has 0 unspecified atom stereocenters. The number of fused-ring (bicyclic) bond motifs is 1. The maximum absolute atomic E-state index is 5.48. The van der Waals surface area contributed by atoms with E-state index in [-0.39, 0.29) is 0 Å². The van der Waals surface area contributed by atoms with Gasteiger partial charge in [0.05, 0.1) is 19.9 Å². The van der Waals surface area contributed by atoms with Gasteiger partial charge in [-0.25, -0.2) is 0 Å². The van der Waals surface area contributed by atoms with Gasteiger partial charge in [-0.3, -0.25) is 0 Å². The van der Waals surface area contributed by atoms with Crippen LogP contribution in [-0.2, 0) is 4.74 Å². The van der Waals surface area contributed by atoms with Crippen LogP contribution in [0.5, 0.6) is 0 Å². The molecule has 1 saturated heterocycles. The SMILES string of the molecule is Cc1cc(N2CCOCC2)ccc1Nc1nc(NCC2CCCCC2)c2c(n1)NCN2C. The van der Waals surface area contributed by atoms with Gasteiger partial charge in [0.2, 0.25) is 5.95 Å². The van der Waals surface area contributed by atoms with Gasteiger partial charge in [0, 0.05) is 38.1 Å². The van der Waals surface area contributed by atoms with E-state index in [9.17, 15) is 0 Å². The predicted octanol–water partition coefficient (Wildman–Crippen LogP) is 4.18. The van der Waals surface area contributed by atoms with Gasteiger partial charge in [-0.15, -0.1) is 0 Å². The summed E-state index contributed by atoms with van der Waals surface area (Å²) in [5.74, 6) is 3.16. The molecule has 0 amide bonds. The molecule has 8 nitrogen and oxygen atoms in total. The quantitative estimate of drug-likeness (QED) is 0.621. The molecule has 0 radical (unpaired) electrons. The zero-order chi connectivity index (χ0) is 21.9. The van der Waals surface area contributed by atoms with Crippen LogP contribution >= 0.6 is 0 Å². The summed E-state index contributed by atoms with van der Waals surface area (Å²) in [7, 11) is 2.08. The standard InChI is InChI=1S/C24H35N7O/c1-17-14-19(31-10-12-32-13-11-31)8-9-20(17)27-24-28-22(21-23(29-24)26-16-30(21)2)25-15-18-6-4-3-5-7-18/h8-9,14,18H,3-7,10-13,15-16H2,1-2H3,(H3,25,26,27,28,29). The first-order chi connectivity index (χ1) is 15.7. The number of aryl methyl sites for hydroxylation is 1. The lowest BCUT2D eigenvalue weighted by Crippen LogP contribution is -2.36. The number of nitrogens with one attached hydrogen (secondary N) is 3. The van der Waals surface area contributed by atoms with Crippen LogP contribution in [0.1, 0.15) is 37.7 Å². The number of anilines is 6. The highest BCUT2D eigenvalue weighted by molar-refractivity contribution is 5.83. The summed E-state index contributed by atoms with van der Waals surface area (Å²) in [6, 6.07) is 6.53. The Labute approximate surface area is 190 Å². The van der Waals surface area contributed by atoms with E-state index in [1.807, 2.05) is 0 Å². The highest BCUT2D eigenvalue weighted by Crippen LogP contribution is 2.37. The van der Waals surface area contributed by atoms with Crippen molar-refractivity contribution in [2.45, 2.75) is 39.0 Å². The van der Waals surface area contributed by atoms with Crippen molar-refractivity contribution in [2.24, 2.45) is 5.92 Å². The largest absolute Gasteiger partial charge is 0.378 e. The fourth-order valence-electron chi connectivity index (χ4n) is 4.95. The molecule has 5 rings (SSSR count). The van der Waals surface area contributed by atoms with E-state index in [1.165, 1.54) is 43.4 Å². The summed E-state index contributed by atoms with van der Waals surface area (Å²) in [5.41, 5.74) is 4.52. The summed E-state index contributed by atoms with van der Waals surface area (Å²) in [6.07, 6.45) is 6.70. The number of ether oxygens (including phenoxy) is 1. The second kappa shape index (κ2) is 9.40. The smallest absolute Gasteiger partial charge is 0.231 e. The van der Waals surface area contributed by atoms with E-state index in [2.05, 4.69) is 57.9 Å². The minimum atomic E-state index is 0.625. The predicted molar refractivity (Wildman–Crippen MR) is 131 cm³/mol. The molecule has 2 aromatic rings. The molecule has 1 aromatic heterocycles. The minimum absolute atomic E-state index is 0.625. The molecule has 0 spiro atoms. The number of hydrogen-bond donors (Lipinski definition) is 3. The van der Waals surface area contributed by atoms with Gasteiger partial charge < -0.3 is 30.5 Å². The van der Waals surface area contributed by atoms with Gasteiger partial charge in [-0.2, -0.15) is 9.97 Å². The molecule has 32 heavy (non-hydrogen) atoms. The normalized spacial score (nSPS) is 18.9. The van der Waals surface area contributed by atoms with Crippen molar-refractivity contribution < 1.29 is 4.74 Å². The number of aromatic nitrogens is 2. The zero-order valence-corrected chi connectivity index (χ0v) is 19.3. The molecule has 0 bridgehead atoms. The topological polar surface area (TPSA) is 77.6 Å². The summed E-state index contributed by atoms with van der Waals surface area (Å²) in [5, 5.41) is 10.5. The third-order valence-electron chi connectivity index (χ3n) is 6.87. The number of nitrogens with zero attached hydrogens (tertiary/aromatic N) is 4. The number of morpholine rings is 1. The summed E-state index contributed by atoms with van der Waals surface area (Å²) >= 11 is 0. The van der Waals surface area contributed by atoms with Crippen molar-refractivity contribution in [3.05, 3.63) is 23.8 Å². The van der Waals surface area contributed by atoms with Crippen molar-refractivity contribution in [3.8, 4) is 0 Å². The Bertz CT molecular complexity index is 938. The van der Waals surface area contributed by atoms with Crippen LogP contribution in [0.4, 0.5) is 34.6 Å². The van der Waals surface area contributed by atoms with E-state index in [1.54, 1.807) is 0 Å². The number of rotatable bonds is 6. The summed E-state index contributed by atoms with van der Waals surface area (Å²) in [4.78, 5) is 14.2. The fourth-order valence-corrected chi connectivity index (χ4v) is 4.95. The molecule has 172 valence electrons.